The molecule has 0 saturated carbocycles. The second-order valence-electron chi connectivity index (χ2n) is 9.47. The van der Waals surface area contributed by atoms with Crippen molar-refractivity contribution in [2.45, 2.75) is 32.8 Å². The second-order valence-corrected chi connectivity index (χ2v) is 9.47. The third kappa shape index (κ3) is 7.86. The number of likely N-dealkylation sites (tertiary alicyclic amines) is 1. The second kappa shape index (κ2) is 13.8. The quantitative estimate of drug-likeness (QED) is 0.304. The molecule has 1 fully saturated rings. The molecule has 41 heavy (non-hydrogen) atoms. The average Bonchev–Trinajstić information content (AvgIpc) is 3.68. The zero-order chi connectivity index (χ0) is 29.4. The van der Waals surface area contributed by atoms with Gasteiger partial charge in [-0.25, -0.2) is 18.3 Å². The monoisotopic (exact) mass is 569 g/mol. The van der Waals surface area contributed by atoms with Gasteiger partial charge in [-0.2, -0.15) is 0 Å². The van der Waals surface area contributed by atoms with E-state index in [0.29, 0.717) is 41.6 Å². The molecule has 218 valence electrons. The minimum absolute atomic E-state index is 0.0729. The number of para-hydroxylation sites is 1. The SMILES string of the molecule is COCCN1CCC(c2ccc(F)c(F)c2)C1.Cc1nnc(COc2nn(-c3ccccc3)c(NC(N)=O)c2C)o1. The largest absolute Gasteiger partial charge is 0.466 e. The number of nitrogens with two attached hydrogens (primary N) is 1. The van der Waals surface area contributed by atoms with Gasteiger partial charge in [-0.3, -0.25) is 5.32 Å². The Kier molecular flexibility index (Phi) is 9.98. The lowest BCUT2D eigenvalue weighted by molar-refractivity contribution is 0.160. The third-order valence-corrected chi connectivity index (χ3v) is 6.52. The Morgan fingerprint density at radius 3 is 2.59 bits per heavy atom. The van der Waals surface area contributed by atoms with Crippen LogP contribution in [0.5, 0.6) is 5.88 Å². The Morgan fingerprint density at radius 1 is 1.15 bits per heavy atom. The van der Waals surface area contributed by atoms with E-state index in [1.54, 1.807) is 31.7 Å². The van der Waals surface area contributed by atoms with Gasteiger partial charge >= 0.3 is 6.03 Å². The molecule has 0 bridgehead atoms. The lowest BCUT2D eigenvalue weighted by Crippen LogP contribution is -2.24. The van der Waals surface area contributed by atoms with Crippen LogP contribution in [0.4, 0.5) is 19.4 Å². The molecule has 11 nitrogen and oxygen atoms in total. The van der Waals surface area contributed by atoms with Crippen molar-refractivity contribution >= 4 is 11.8 Å². The number of ether oxygens (including phenoxy) is 2. The number of aromatic nitrogens is 4. The number of rotatable bonds is 9. The summed E-state index contributed by atoms with van der Waals surface area (Å²) in [6.07, 6.45) is 0.995. The minimum Gasteiger partial charge on any atom is -0.466 e. The molecule has 1 unspecified atom stereocenters. The van der Waals surface area contributed by atoms with Crippen LogP contribution in [0.15, 0.2) is 52.9 Å². The number of hydrogen-bond acceptors (Lipinski definition) is 8. The van der Waals surface area contributed by atoms with E-state index in [-0.39, 0.29) is 6.61 Å². The summed E-state index contributed by atoms with van der Waals surface area (Å²) in [5.74, 6) is 0.341. The van der Waals surface area contributed by atoms with Crippen molar-refractivity contribution in [2.75, 3.05) is 38.7 Å². The molecular weight excluding hydrogens is 536 g/mol. The van der Waals surface area contributed by atoms with E-state index in [4.69, 9.17) is 19.6 Å². The molecule has 3 heterocycles. The van der Waals surface area contributed by atoms with Crippen LogP contribution in [0.25, 0.3) is 5.69 Å². The number of nitrogens with one attached hydrogen (secondary N) is 1. The van der Waals surface area contributed by atoms with Gasteiger partial charge in [0.1, 0.15) is 5.82 Å². The maximum atomic E-state index is 13.1. The number of urea groups is 1. The summed E-state index contributed by atoms with van der Waals surface area (Å²) in [6.45, 7) is 7.04. The van der Waals surface area contributed by atoms with E-state index in [1.165, 1.54) is 12.1 Å². The van der Waals surface area contributed by atoms with Crippen LogP contribution in [0.2, 0.25) is 0 Å². The number of aryl methyl sites for hydroxylation is 1. The molecular formula is C28H33F2N7O4. The summed E-state index contributed by atoms with van der Waals surface area (Å²) in [6, 6.07) is 12.8. The number of anilines is 1. The van der Waals surface area contributed by atoms with Crippen LogP contribution >= 0.6 is 0 Å². The first-order valence-electron chi connectivity index (χ1n) is 13.0. The van der Waals surface area contributed by atoms with Crippen LogP contribution in [0, 0.1) is 25.5 Å². The van der Waals surface area contributed by atoms with Gasteiger partial charge in [0.25, 0.3) is 5.89 Å². The van der Waals surface area contributed by atoms with Gasteiger partial charge in [-0.15, -0.1) is 15.3 Å². The predicted molar refractivity (Wildman–Crippen MR) is 147 cm³/mol. The standard InChI is InChI=1S/C15H16N6O3.C13H17F2NO/c1-9-13(17-15(16)22)21(11-6-4-3-5-7-11)20-14(9)23-8-12-19-18-10(2)24-12;1-17-7-6-16-5-4-11(9-16)10-2-3-12(14)13(15)8-10/h3-7H,8H2,1-2H3,(H3,16,17,22);2-3,8,11H,4-7,9H2,1H3. The minimum atomic E-state index is -0.775. The van der Waals surface area contributed by atoms with Gasteiger partial charge in [0.05, 0.1) is 17.9 Å². The summed E-state index contributed by atoms with van der Waals surface area (Å²) in [5.41, 5.74) is 7.54. The maximum Gasteiger partial charge on any atom is 0.317 e. The van der Waals surface area contributed by atoms with Crippen LogP contribution in [0.1, 0.15) is 35.2 Å². The summed E-state index contributed by atoms with van der Waals surface area (Å²) in [7, 11) is 1.68. The molecule has 1 aliphatic rings. The van der Waals surface area contributed by atoms with Gasteiger partial charge < -0.3 is 24.5 Å². The average molecular weight is 570 g/mol. The topological polar surface area (TPSA) is 134 Å². The molecule has 1 aliphatic heterocycles. The fraction of sp³-hybridized carbons (Fsp3) is 0.357. The normalized spacial score (nSPS) is 14.9. The van der Waals surface area contributed by atoms with E-state index in [9.17, 15) is 13.6 Å². The number of methoxy groups -OCH3 is 1. The van der Waals surface area contributed by atoms with E-state index in [1.807, 2.05) is 30.3 Å². The van der Waals surface area contributed by atoms with Gasteiger partial charge in [0.15, 0.2) is 18.2 Å². The molecule has 0 spiro atoms. The van der Waals surface area contributed by atoms with Crippen LogP contribution in [-0.2, 0) is 11.3 Å². The highest BCUT2D eigenvalue weighted by Gasteiger charge is 2.24. The molecule has 1 atom stereocenters. The molecule has 13 heteroatoms. The van der Waals surface area contributed by atoms with E-state index in [2.05, 4.69) is 25.5 Å². The van der Waals surface area contributed by atoms with Gasteiger partial charge in [-0.1, -0.05) is 24.3 Å². The van der Waals surface area contributed by atoms with Crippen LogP contribution < -0.4 is 15.8 Å². The molecule has 0 radical (unpaired) electrons. The van der Waals surface area contributed by atoms with Crippen molar-refractivity contribution in [3.63, 3.8) is 0 Å². The van der Waals surface area contributed by atoms with E-state index < -0.39 is 17.7 Å². The third-order valence-electron chi connectivity index (χ3n) is 6.52. The number of carbonyl (C=O) groups is 1. The van der Waals surface area contributed by atoms with Crippen molar-refractivity contribution in [2.24, 2.45) is 5.73 Å². The lowest BCUT2D eigenvalue weighted by atomic mass is 9.98. The fourth-order valence-corrected chi connectivity index (χ4v) is 4.45. The molecule has 5 rings (SSSR count). The first kappa shape index (κ1) is 29.6. The zero-order valence-electron chi connectivity index (χ0n) is 23.1. The Morgan fingerprint density at radius 2 is 1.93 bits per heavy atom. The highest BCUT2D eigenvalue weighted by molar-refractivity contribution is 5.88. The van der Waals surface area contributed by atoms with E-state index >= 15 is 0 Å². The molecule has 4 aromatic rings. The Hall–Kier alpha value is -4.36. The van der Waals surface area contributed by atoms with Crippen molar-refractivity contribution in [1.82, 2.24) is 24.9 Å². The molecule has 2 aromatic carbocycles. The predicted octanol–water partition coefficient (Wildman–Crippen LogP) is 4.34. The summed E-state index contributed by atoms with van der Waals surface area (Å²) in [4.78, 5) is 13.6. The van der Waals surface area contributed by atoms with Gasteiger partial charge in [-0.05, 0) is 55.6 Å². The van der Waals surface area contributed by atoms with Gasteiger partial charge in [0.2, 0.25) is 11.8 Å². The summed E-state index contributed by atoms with van der Waals surface area (Å²) < 4.78 is 43.4. The van der Waals surface area contributed by atoms with Crippen molar-refractivity contribution in [1.29, 1.82) is 0 Å². The van der Waals surface area contributed by atoms with Crippen LogP contribution in [-0.4, -0.2) is 64.3 Å². The van der Waals surface area contributed by atoms with Crippen LogP contribution in [0.3, 0.4) is 0 Å². The Labute approximate surface area is 236 Å². The number of nitrogens with zero attached hydrogens (tertiary/aromatic N) is 5. The molecule has 2 amide bonds. The zero-order valence-corrected chi connectivity index (χ0v) is 23.1. The van der Waals surface area contributed by atoms with Gasteiger partial charge in [0, 0.05) is 27.1 Å². The van der Waals surface area contributed by atoms with Crippen molar-refractivity contribution in [3.8, 4) is 11.6 Å². The molecule has 2 aromatic heterocycles. The van der Waals surface area contributed by atoms with Crippen molar-refractivity contribution < 1.29 is 27.5 Å². The smallest absolute Gasteiger partial charge is 0.317 e. The molecule has 1 saturated heterocycles. The number of halogens is 2. The lowest BCUT2D eigenvalue weighted by Gasteiger charge is -2.15. The first-order chi connectivity index (χ1) is 19.7. The van der Waals surface area contributed by atoms with Crippen molar-refractivity contribution in [3.05, 3.63) is 83.1 Å². The number of hydrogen-bond donors (Lipinski definition) is 2. The summed E-state index contributed by atoms with van der Waals surface area (Å²) >= 11 is 0. The number of benzene rings is 2. The number of carbonyl (C=O) groups excluding carboxylic acids is 1. The number of amides is 2. The Balaban J connectivity index is 0.000000201. The fourth-order valence-electron chi connectivity index (χ4n) is 4.45. The maximum absolute atomic E-state index is 13.1. The highest BCUT2D eigenvalue weighted by Crippen LogP contribution is 2.29. The number of primary amides is 1. The Bertz CT molecular complexity index is 1440. The molecule has 3 N–H and O–H groups in total. The molecule has 0 aliphatic carbocycles. The summed E-state index contributed by atoms with van der Waals surface area (Å²) in [5, 5.41) is 14.6. The first-order valence-corrected chi connectivity index (χ1v) is 13.0. The highest BCUT2D eigenvalue weighted by atomic mass is 19.2. The van der Waals surface area contributed by atoms with E-state index in [0.717, 1.165) is 37.3 Å².